The molecule has 0 atom stereocenters. The fourth-order valence-electron chi connectivity index (χ4n) is 2.13. The van der Waals surface area contributed by atoms with Gasteiger partial charge < -0.3 is 4.74 Å². The first-order chi connectivity index (χ1) is 10.7. The first-order valence-corrected chi connectivity index (χ1v) is 7.50. The SMILES string of the molecule is Cc1c(C#N)cccc1-c1ccc(C(=O)OC(C)(C)C)nc1Cl. The molecule has 4 nitrogen and oxygen atoms in total. The Labute approximate surface area is 140 Å². The molecule has 118 valence electrons. The van der Waals surface area contributed by atoms with Crippen LogP contribution in [0.25, 0.3) is 11.1 Å². The van der Waals surface area contributed by atoms with Crippen molar-refractivity contribution >= 4 is 17.6 Å². The number of aromatic nitrogens is 1. The molecule has 2 aromatic rings. The number of pyridine rings is 1. The largest absolute Gasteiger partial charge is 0.455 e. The maximum atomic E-state index is 12.0. The lowest BCUT2D eigenvalue weighted by atomic mass is 9.98. The quantitative estimate of drug-likeness (QED) is 0.600. The van der Waals surface area contributed by atoms with Gasteiger partial charge in [-0.2, -0.15) is 5.26 Å². The van der Waals surface area contributed by atoms with Crippen LogP contribution in [0.2, 0.25) is 5.15 Å². The van der Waals surface area contributed by atoms with Crippen LogP contribution >= 0.6 is 11.6 Å². The minimum atomic E-state index is -0.596. The van der Waals surface area contributed by atoms with E-state index in [1.807, 2.05) is 13.0 Å². The van der Waals surface area contributed by atoms with E-state index < -0.39 is 11.6 Å². The maximum absolute atomic E-state index is 12.0. The van der Waals surface area contributed by atoms with Crippen molar-refractivity contribution in [2.45, 2.75) is 33.3 Å². The third kappa shape index (κ3) is 3.88. The van der Waals surface area contributed by atoms with E-state index in [1.54, 1.807) is 45.0 Å². The van der Waals surface area contributed by atoms with Gasteiger partial charge >= 0.3 is 5.97 Å². The topological polar surface area (TPSA) is 63.0 Å². The summed E-state index contributed by atoms with van der Waals surface area (Å²) in [5, 5.41) is 9.32. The van der Waals surface area contributed by atoms with Crippen molar-refractivity contribution < 1.29 is 9.53 Å². The van der Waals surface area contributed by atoms with Crippen LogP contribution in [0.5, 0.6) is 0 Å². The Kier molecular flexibility index (Phi) is 4.72. The molecule has 0 saturated heterocycles. The lowest BCUT2D eigenvalue weighted by molar-refractivity contribution is 0.00629. The summed E-state index contributed by atoms with van der Waals surface area (Å²) >= 11 is 6.24. The second kappa shape index (κ2) is 6.39. The molecule has 1 heterocycles. The summed E-state index contributed by atoms with van der Waals surface area (Å²) < 4.78 is 5.28. The fraction of sp³-hybridized carbons (Fsp3) is 0.278. The molecule has 0 aliphatic rings. The molecule has 1 aromatic heterocycles. The lowest BCUT2D eigenvalue weighted by Crippen LogP contribution is -2.24. The number of carbonyl (C=O) groups excluding carboxylic acids is 1. The van der Waals surface area contributed by atoms with Crippen LogP contribution in [-0.2, 0) is 4.74 Å². The van der Waals surface area contributed by atoms with E-state index in [2.05, 4.69) is 11.1 Å². The summed E-state index contributed by atoms with van der Waals surface area (Å²) in [5.41, 5.74) is 2.45. The Morgan fingerprint density at radius 1 is 1.22 bits per heavy atom. The second-order valence-electron chi connectivity index (χ2n) is 6.13. The Morgan fingerprint density at radius 3 is 2.48 bits per heavy atom. The molecular formula is C18H17ClN2O2. The van der Waals surface area contributed by atoms with Crippen LogP contribution in [0.15, 0.2) is 30.3 Å². The highest BCUT2D eigenvalue weighted by Gasteiger charge is 2.20. The van der Waals surface area contributed by atoms with Crippen molar-refractivity contribution in [1.82, 2.24) is 4.98 Å². The Balaban J connectivity index is 2.42. The molecule has 0 fully saturated rings. The summed E-state index contributed by atoms with van der Waals surface area (Å²) in [5.74, 6) is -0.520. The molecule has 1 aromatic carbocycles. The van der Waals surface area contributed by atoms with Crippen molar-refractivity contribution in [2.24, 2.45) is 0 Å². The van der Waals surface area contributed by atoms with Gasteiger partial charge in [0.25, 0.3) is 0 Å². The molecule has 0 amide bonds. The number of carbonyl (C=O) groups is 1. The second-order valence-corrected chi connectivity index (χ2v) is 6.48. The van der Waals surface area contributed by atoms with E-state index in [0.29, 0.717) is 11.1 Å². The molecule has 0 bridgehead atoms. The van der Waals surface area contributed by atoms with Crippen molar-refractivity contribution in [3.8, 4) is 17.2 Å². The van der Waals surface area contributed by atoms with Gasteiger partial charge in [-0.15, -0.1) is 0 Å². The molecule has 0 aliphatic heterocycles. The summed E-state index contributed by atoms with van der Waals surface area (Å²) in [4.78, 5) is 16.2. The van der Waals surface area contributed by atoms with Gasteiger partial charge in [-0.25, -0.2) is 9.78 Å². The molecule has 2 rings (SSSR count). The number of rotatable bonds is 2. The molecule has 0 spiro atoms. The molecule has 0 N–H and O–H groups in total. The fourth-order valence-corrected chi connectivity index (χ4v) is 2.38. The molecule has 5 heteroatoms. The van der Waals surface area contributed by atoms with Crippen LogP contribution in [0.3, 0.4) is 0 Å². The highest BCUT2D eigenvalue weighted by molar-refractivity contribution is 6.32. The van der Waals surface area contributed by atoms with E-state index >= 15 is 0 Å². The number of nitrogens with zero attached hydrogens (tertiary/aromatic N) is 2. The summed E-state index contributed by atoms with van der Waals surface area (Å²) in [7, 11) is 0. The van der Waals surface area contributed by atoms with E-state index in [0.717, 1.165) is 11.1 Å². The molecule has 0 unspecified atom stereocenters. The first kappa shape index (κ1) is 17.0. The number of benzene rings is 1. The van der Waals surface area contributed by atoms with Gasteiger partial charge in [0.1, 0.15) is 16.4 Å². The third-order valence-corrected chi connectivity index (χ3v) is 3.49. The standard InChI is InChI=1S/C18H17ClN2O2/c1-11-12(10-20)6-5-7-13(11)14-8-9-15(21-16(14)19)17(22)23-18(2,3)4/h5-9H,1-4H3. The van der Waals surface area contributed by atoms with Gasteiger partial charge in [-0.3, -0.25) is 0 Å². The van der Waals surface area contributed by atoms with Gasteiger partial charge in [0, 0.05) is 5.56 Å². The van der Waals surface area contributed by atoms with Gasteiger partial charge in [0.15, 0.2) is 0 Å². The zero-order valence-corrected chi connectivity index (χ0v) is 14.2. The smallest absolute Gasteiger partial charge is 0.357 e. The van der Waals surface area contributed by atoms with Crippen LogP contribution in [0, 0.1) is 18.3 Å². The summed E-state index contributed by atoms with van der Waals surface area (Å²) in [6, 6.07) is 10.8. The predicted molar refractivity (Wildman–Crippen MR) is 89.3 cm³/mol. The number of nitriles is 1. The summed E-state index contributed by atoms with van der Waals surface area (Å²) in [6.45, 7) is 7.22. The van der Waals surface area contributed by atoms with E-state index in [1.165, 1.54) is 0 Å². The number of halogens is 1. The Morgan fingerprint density at radius 2 is 1.91 bits per heavy atom. The monoisotopic (exact) mass is 328 g/mol. The maximum Gasteiger partial charge on any atom is 0.357 e. The molecular weight excluding hydrogens is 312 g/mol. The molecule has 23 heavy (non-hydrogen) atoms. The minimum absolute atomic E-state index is 0.155. The van der Waals surface area contributed by atoms with Crippen LogP contribution in [0.1, 0.15) is 42.4 Å². The zero-order valence-electron chi connectivity index (χ0n) is 13.5. The van der Waals surface area contributed by atoms with E-state index in [4.69, 9.17) is 21.6 Å². The van der Waals surface area contributed by atoms with Crippen molar-refractivity contribution in [1.29, 1.82) is 5.26 Å². The van der Waals surface area contributed by atoms with Crippen molar-refractivity contribution in [2.75, 3.05) is 0 Å². The Hall–Kier alpha value is -2.38. The van der Waals surface area contributed by atoms with E-state index in [-0.39, 0.29) is 10.8 Å². The van der Waals surface area contributed by atoms with Crippen molar-refractivity contribution in [3.05, 3.63) is 52.3 Å². The number of esters is 1. The number of ether oxygens (including phenoxy) is 1. The van der Waals surface area contributed by atoms with Crippen LogP contribution in [-0.4, -0.2) is 16.6 Å². The van der Waals surface area contributed by atoms with Crippen LogP contribution in [0.4, 0.5) is 0 Å². The van der Waals surface area contributed by atoms with Gasteiger partial charge in [0.2, 0.25) is 0 Å². The predicted octanol–water partition coefficient (Wildman–Crippen LogP) is 4.54. The minimum Gasteiger partial charge on any atom is -0.455 e. The highest BCUT2D eigenvalue weighted by atomic mass is 35.5. The summed E-state index contributed by atoms with van der Waals surface area (Å²) in [6.07, 6.45) is 0. The average Bonchev–Trinajstić information content (AvgIpc) is 2.46. The molecule has 0 saturated carbocycles. The molecule has 0 radical (unpaired) electrons. The van der Waals surface area contributed by atoms with Gasteiger partial charge in [-0.1, -0.05) is 23.7 Å². The number of hydrogen-bond acceptors (Lipinski definition) is 4. The zero-order chi connectivity index (χ0) is 17.2. The first-order valence-electron chi connectivity index (χ1n) is 7.13. The third-order valence-electron chi connectivity index (χ3n) is 3.20. The lowest BCUT2D eigenvalue weighted by Gasteiger charge is -2.19. The van der Waals surface area contributed by atoms with Gasteiger partial charge in [0.05, 0.1) is 11.6 Å². The van der Waals surface area contributed by atoms with Crippen LogP contribution < -0.4 is 0 Å². The normalized spacial score (nSPS) is 11.0. The van der Waals surface area contributed by atoms with Crippen molar-refractivity contribution in [3.63, 3.8) is 0 Å². The average molecular weight is 329 g/mol. The molecule has 0 aliphatic carbocycles. The van der Waals surface area contributed by atoms with Gasteiger partial charge in [-0.05, 0) is 57.0 Å². The highest BCUT2D eigenvalue weighted by Crippen LogP contribution is 2.30. The number of hydrogen-bond donors (Lipinski definition) is 0. The Bertz CT molecular complexity index is 802. The van der Waals surface area contributed by atoms with E-state index in [9.17, 15) is 4.79 Å².